The van der Waals surface area contributed by atoms with Crippen molar-refractivity contribution in [2.75, 3.05) is 0 Å². The molecule has 1 aliphatic rings. The number of hydrogen-bond donors (Lipinski definition) is 0. The van der Waals surface area contributed by atoms with E-state index in [2.05, 4.69) is 44.4 Å². The quantitative estimate of drug-likeness (QED) is 0.685. The summed E-state index contributed by atoms with van der Waals surface area (Å²) in [6.07, 6.45) is 2.18. The van der Waals surface area contributed by atoms with E-state index in [1.54, 1.807) is 0 Å². The van der Waals surface area contributed by atoms with E-state index in [4.69, 9.17) is 4.43 Å². The molecule has 1 aliphatic carbocycles. The van der Waals surface area contributed by atoms with Crippen LogP contribution < -0.4 is 4.43 Å². The van der Waals surface area contributed by atoms with Crippen molar-refractivity contribution in [1.82, 2.24) is 0 Å². The highest BCUT2D eigenvalue weighted by molar-refractivity contribution is 6.70. The van der Waals surface area contributed by atoms with E-state index in [0.29, 0.717) is 0 Å². The van der Waals surface area contributed by atoms with Gasteiger partial charge in [-0.25, -0.2) is 0 Å². The van der Waals surface area contributed by atoms with E-state index in [1.807, 2.05) is 0 Å². The third-order valence-corrected chi connectivity index (χ3v) is 3.44. The Morgan fingerprint density at radius 1 is 1.20 bits per heavy atom. The van der Waals surface area contributed by atoms with Crippen molar-refractivity contribution in [2.24, 2.45) is 0 Å². The van der Waals surface area contributed by atoms with Crippen LogP contribution in [-0.4, -0.2) is 8.32 Å². The Morgan fingerprint density at radius 2 is 1.93 bits per heavy atom. The molecule has 15 heavy (non-hydrogen) atoms. The SMILES string of the molecule is C=C1CCc2c(O[Si](C)(C)C)cccc21. The normalized spacial score (nSPS) is 15.3. The Bertz CT molecular complexity index is 401. The van der Waals surface area contributed by atoms with Gasteiger partial charge in [0.05, 0.1) is 0 Å². The molecular weight excluding hydrogens is 200 g/mol. The molecule has 0 bridgehead atoms. The minimum atomic E-state index is -1.49. The van der Waals surface area contributed by atoms with Gasteiger partial charge in [-0.05, 0) is 49.7 Å². The Hall–Kier alpha value is -1.02. The first-order chi connectivity index (χ1) is 6.97. The highest BCUT2D eigenvalue weighted by Crippen LogP contribution is 2.37. The number of fused-ring (bicyclic) bond motifs is 1. The zero-order valence-corrected chi connectivity index (χ0v) is 10.8. The Morgan fingerprint density at radius 3 is 2.60 bits per heavy atom. The van der Waals surface area contributed by atoms with Crippen molar-refractivity contribution >= 4 is 13.9 Å². The van der Waals surface area contributed by atoms with Crippen LogP contribution in [0.15, 0.2) is 24.8 Å². The summed E-state index contributed by atoms with van der Waals surface area (Å²) in [6, 6.07) is 6.32. The zero-order chi connectivity index (χ0) is 11.1. The average molecular weight is 218 g/mol. The summed E-state index contributed by atoms with van der Waals surface area (Å²) in [4.78, 5) is 0. The largest absolute Gasteiger partial charge is 0.544 e. The molecule has 1 nitrogen and oxygen atoms in total. The fourth-order valence-electron chi connectivity index (χ4n) is 1.99. The third kappa shape index (κ3) is 2.15. The van der Waals surface area contributed by atoms with Crippen LogP contribution in [0.5, 0.6) is 5.75 Å². The maximum atomic E-state index is 6.09. The van der Waals surface area contributed by atoms with Crippen molar-refractivity contribution in [2.45, 2.75) is 32.5 Å². The van der Waals surface area contributed by atoms with E-state index in [1.165, 1.54) is 16.7 Å². The van der Waals surface area contributed by atoms with Gasteiger partial charge >= 0.3 is 0 Å². The second kappa shape index (κ2) is 3.53. The van der Waals surface area contributed by atoms with E-state index in [9.17, 15) is 0 Å². The molecule has 0 N–H and O–H groups in total. The molecule has 1 aromatic rings. The van der Waals surface area contributed by atoms with Gasteiger partial charge in [0.2, 0.25) is 8.32 Å². The van der Waals surface area contributed by atoms with Crippen LogP contribution in [0.4, 0.5) is 0 Å². The summed E-state index contributed by atoms with van der Waals surface area (Å²) < 4.78 is 6.09. The van der Waals surface area contributed by atoms with Crippen LogP contribution in [0.25, 0.3) is 5.57 Å². The molecule has 0 atom stereocenters. The molecule has 2 heteroatoms. The minimum Gasteiger partial charge on any atom is -0.544 e. The standard InChI is InChI=1S/C13H18OSi/c1-10-8-9-12-11(10)6-5-7-13(12)14-15(2,3)4/h5-7H,1,8-9H2,2-4H3. The number of benzene rings is 1. The summed E-state index contributed by atoms with van der Waals surface area (Å²) in [5, 5.41) is 0. The second-order valence-corrected chi connectivity index (χ2v) is 9.53. The second-order valence-electron chi connectivity index (χ2n) is 5.10. The third-order valence-electron chi connectivity index (χ3n) is 2.61. The molecule has 1 aromatic carbocycles. The van der Waals surface area contributed by atoms with Crippen LogP contribution in [0, 0.1) is 0 Å². The van der Waals surface area contributed by atoms with Gasteiger partial charge in [0.1, 0.15) is 5.75 Å². The summed E-state index contributed by atoms with van der Waals surface area (Å²) in [5.41, 5.74) is 3.93. The van der Waals surface area contributed by atoms with Crippen molar-refractivity contribution in [3.63, 3.8) is 0 Å². The van der Waals surface area contributed by atoms with Gasteiger partial charge in [-0.2, -0.15) is 0 Å². The van der Waals surface area contributed by atoms with Crippen LogP contribution in [-0.2, 0) is 6.42 Å². The van der Waals surface area contributed by atoms with Crippen LogP contribution in [0.3, 0.4) is 0 Å². The highest BCUT2D eigenvalue weighted by Gasteiger charge is 2.22. The van der Waals surface area contributed by atoms with E-state index in [0.717, 1.165) is 18.6 Å². The molecule has 0 aromatic heterocycles. The number of rotatable bonds is 2. The van der Waals surface area contributed by atoms with E-state index >= 15 is 0 Å². The molecule has 80 valence electrons. The Balaban J connectivity index is 2.38. The lowest BCUT2D eigenvalue weighted by Gasteiger charge is -2.21. The van der Waals surface area contributed by atoms with E-state index in [-0.39, 0.29) is 0 Å². The fourth-order valence-corrected chi connectivity index (χ4v) is 2.84. The van der Waals surface area contributed by atoms with Gasteiger partial charge in [0.15, 0.2) is 0 Å². The first-order valence-corrected chi connectivity index (χ1v) is 8.87. The molecule has 2 rings (SSSR count). The summed E-state index contributed by atoms with van der Waals surface area (Å²) in [7, 11) is -1.49. The predicted octanol–water partition coefficient (Wildman–Crippen LogP) is 3.86. The van der Waals surface area contributed by atoms with Gasteiger partial charge in [-0.1, -0.05) is 18.7 Å². The topological polar surface area (TPSA) is 9.23 Å². The van der Waals surface area contributed by atoms with Crippen LogP contribution >= 0.6 is 0 Å². The molecule has 0 saturated carbocycles. The van der Waals surface area contributed by atoms with Crippen LogP contribution in [0.2, 0.25) is 19.6 Å². The first kappa shape index (κ1) is 10.5. The number of hydrogen-bond acceptors (Lipinski definition) is 1. The lowest BCUT2D eigenvalue weighted by atomic mass is 10.1. The fraction of sp³-hybridized carbons (Fsp3) is 0.385. The molecule has 0 heterocycles. The summed E-state index contributed by atoms with van der Waals surface area (Å²) in [6.45, 7) is 10.7. The van der Waals surface area contributed by atoms with Crippen molar-refractivity contribution in [3.8, 4) is 5.75 Å². The van der Waals surface area contributed by atoms with Crippen molar-refractivity contribution < 1.29 is 4.43 Å². The van der Waals surface area contributed by atoms with Gasteiger partial charge in [0.25, 0.3) is 0 Å². The molecule has 0 unspecified atom stereocenters. The molecule has 0 amide bonds. The average Bonchev–Trinajstić information content (AvgIpc) is 2.47. The summed E-state index contributed by atoms with van der Waals surface area (Å²) >= 11 is 0. The molecule has 0 spiro atoms. The molecular formula is C13H18OSi. The van der Waals surface area contributed by atoms with E-state index < -0.39 is 8.32 Å². The van der Waals surface area contributed by atoms with Gasteiger partial charge in [-0.15, -0.1) is 0 Å². The zero-order valence-electron chi connectivity index (χ0n) is 9.76. The van der Waals surface area contributed by atoms with Crippen molar-refractivity contribution in [1.29, 1.82) is 0 Å². The maximum Gasteiger partial charge on any atom is 0.242 e. The Labute approximate surface area is 92.9 Å². The van der Waals surface area contributed by atoms with Crippen molar-refractivity contribution in [3.05, 3.63) is 35.9 Å². The summed E-state index contributed by atoms with van der Waals surface area (Å²) in [5.74, 6) is 1.09. The molecule has 0 aliphatic heterocycles. The predicted molar refractivity (Wildman–Crippen MR) is 67.8 cm³/mol. The Kier molecular flexibility index (Phi) is 2.47. The lowest BCUT2D eigenvalue weighted by molar-refractivity contribution is 0.550. The smallest absolute Gasteiger partial charge is 0.242 e. The monoisotopic (exact) mass is 218 g/mol. The van der Waals surface area contributed by atoms with Crippen LogP contribution in [0.1, 0.15) is 17.5 Å². The maximum absolute atomic E-state index is 6.09. The van der Waals surface area contributed by atoms with Gasteiger partial charge in [0, 0.05) is 5.56 Å². The number of allylic oxidation sites excluding steroid dienone is 1. The molecule has 0 fully saturated rings. The molecule has 0 radical (unpaired) electrons. The molecule has 0 saturated heterocycles. The lowest BCUT2D eigenvalue weighted by Crippen LogP contribution is -2.29. The van der Waals surface area contributed by atoms with Gasteiger partial charge in [-0.3, -0.25) is 0 Å². The highest BCUT2D eigenvalue weighted by atomic mass is 28.4. The first-order valence-electron chi connectivity index (χ1n) is 5.46. The van der Waals surface area contributed by atoms with Gasteiger partial charge < -0.3 is 4.43 Å². The minimum absolute atomic E-state index is 1.08.